The maximum absolute atomic E-state index is 4.77. The first kappa shape index (κ1) is 12.9. The fourth-order valence-corrected chi connectivity index (χ4v) is 2.95. The molecule has 1 atom stereocenters. The molecule has 1 aromatic carbocycles. The number of benzene rings is 1. The lowest BCUT2D eigenvalue weighted by atomic mass is 10.2. The first-order valence-corrected chi connectivity index (χ1v) is 7.22. The van der Waals surface area contributed by atoms with Crippen LogP contribution in [0.15, 0.2) is 30.3 Å². The average molecular weight is 259 g/mol. The van der Waals surface area contributed by atoms with E-state index in [-0.39, 0.29) is 0 Å². The molecule has 2 heterocycles. The van der Waals surface area contributed by atoms with Crippen LogP contribution in [0.25, 0.3) is 0 Å². The third-order valence-corrected chi connectivity index (χ3v) is 4.15. The predicted molar refractivity (Wildman–Crippen MR) is 78.5 cm³/mol. The Hall–Kier alpha value is -1.10. The third-order valence-electron chi connectivity index (χ3n) is 4.15. The molecule has 0 N–H and O–H groups in total. The monoisotopic (exact) mass is 259 g/mol. The van der Waals surface area contributed by atoms with Gasteiger partial charge in [0.2, 0.25) is 0 Å². The minimum Gasteiger partial charge on any atom is -0.369 e. The maximum Gasteiger partial charge on any atom is 0.0891 e. The molecule has 0 bridgehead atoms. The van der Waals surface area contributed by atoms with Crippen molar-refractivity contribution in [3.8, 4) is 0 Å². The normalized spacial score (nSPS) is 26.6. The first-order valence-electron chi connectivity index (χ1n) is 7.22. The quantitative estimate of drug-likeness (QED) is 0.780. The van der Waals surface area contributed by atoms with Crippen LogP contribution in [0, 0.1) is 0 Å². The zero-order chi connectivity index (χ0) is 13.1. The maximum atomic E-state index is 4.77. The summed E-state index contributed by atoms with van der Waals surface area (Å²) in [7, 11) is 2.20. The lowest BCUT2D eigenvalue weighted by Gasteiger charge is -2.42. The van der Waals surface area contributed by atoms with Gasteiger partial charge in [-0.3, -0.25) is 4.90 Å². The highest BCUT2D eigenvalue weighted by molar-refractivity contribution is 5.46. The van der Waals surface area contributed by atoms with Crippen LogP contribution in [0.4, 0.5) is 5.69 Å². The third kappa shape index (κ3) is 3.08. The van der Waals surface area contributed by atoms with Crippen LogP contribution >= 0.6 is 0 Å². The Morgan fingerprint density at radius 2 is 1.74 bits per heavy atom. The second kappa shape index (κ2) is 5.90. The van der Waals surface area contributed by atoms with Crippen molar-refractivity contribution in [2.75, 3.05) is 57.8 Å². The van der Waals surface area contributed by atoms with Gasteiger partial charge in [0.1, 0.15) is 0 Å². The summed E-state index contributed by atoms with van der Waals surface area (Å²) in [5.41, 5.74) is 1.35. The molecule has 103 valence electrons. The standard InChI is InChI=1S/C15H23N4/c1-17-8-7-16-15(13-17)19-11-9-18(10-12-19)14-5-3-2-4-6-14/h2-6,15H,7-13H2,1H3. The number of para-hydroxylation sites is 1. The molecule has 19 heavy (non-hydrogen) atoms. The van der Waals surface area contributed by atoms with Crippen LogP contribution in [-0.4, -0.2) is 68.8 Å². The van der Waals surface area contributed by atoms with Gasteiger partial charge in [0.05, 0.1) is 6.17 Å². The number of rotatable bonds is 2. The van der Waals surface area contributed by atoms with E-state index in [9.17, 15) is 0 Å². The van der Waals surface area contributed by atoms with Gasteiger partial charge in [-0.2, -0.15) is 0 Å². The summed E-state index contributed by atoms with van der Waals surface area (Å²) in [4.78, 5) is 7.40. The largest absolute Gasteiger partial charge is 0.369 e. The zero-order valence-electron chi connectivity index (χ0n) is 11.7. The van der Waals surface area contributed by atoms with Crippen LogP contribution in [0.2, 0.25) is 0 Å². The van der Waals surface area contributed by atoms with E-state index in [1.54, 1.807) is 0 Å². The Labute approximate surface area is 116 Å². The van der Waals surface area contributed by atoms with Crippen molar-refractivity contribution in [1.29, 1.82) is 0 Å². The van der Waals surface area contributed by atoms with Gasteiger partial charge in [0.15, 0.2) is 0 Å². The molecule has 0 saturated carbocycles. The van der Waals surface area contributed by atoms with E-state index < -0.39 is 0 Å². The summed E-state index contributed by atoms with van der Waals surface area (Å²) in [6.07, 6.45) is 0.414. The van der Waals surface area contributed by atoms with Crippen molar-refractivity contribution in [2.24, 2.45) is 0 Å². The van der Waals surface area contributed by atoms with Crippen LogP contribution in [-0.2, 0) is 0 Å². The van der Waals surface area contributed by atoms with E-state index >= 15 is 0 Å². The van der Waals surface area contributed by atoms with E-state index in [0.717, 1.165) is 45.8 Å². The summed E-state index contributed by atoms with van der Waals surface area (Å²) in [5.74, 6) is 0. The van der Waals surface area contributed by atoms with Gasteiger partial charge in [-0.25, -0.2) is 5.32 Å². The summed E-state index contributed by atoms with van der Waals surface area (Å²) < 4.78 is 0. The van der Waals surface area contributed by atoms with Gasteiger partial charge in [-0.1, -0.05) is 18.2 Å². The molecule has 4 heteroatoms. The van der Waals surface area contributed by atoms with Gasteiger partial charge >= 0.3 is 0 Å². The van der Waals surface area contributed by atoms with Crippen LogP contribution in [0.1, 0.15) is 0 Å². The highest BCUT2D eigenvalue weighted by Gasteiger charge is 2.27. The molecular formula is C15H23N4. The fourth-order valence-electron chi connectivity index (χ4n) is 2.95. The highest BCUT2D eigenvalue weighted by atomic mass is 15.4. The lowest BCUT2D eigenvalue weighted by molar-refractivity contribution is 0.0884. The Morgan fingerprint density at radius 1 is 1.00 bits per heavy atom. The van der Waals surface area contributed by atoms with Crippen molar-refractivity contribution in [3.63, 3.8) is 0 Å². The summed E-state index contributed by atoms with van der Waals surface area (Å²) in [6.45, 7) is 7.65. The van der Waals surface area contributed by atoms with Crippen molar-refractivity contribution in [1.82, 2.24) is 15.1 Å². The van der Waals surface area contributed by atoms with E-state index in [0.29, 0.717) is 6.17 Å². The first-order chi connectivity index (χ1) is 9.33. The molecule has 0 aliphatic carbocycles. The lowest BCUT2D eigenvalue weighted by Crippen LogP contribution is -2.59. The highest BCUT2D eigenvalue weighted by Crippen LogP contribution is 2.17. The molecule has 2 aliphatic rings. The van der Waals surface area contributed by atoms with Crippen LogP contribution in [0.5, 0.6) is 0 Å². The molecule has 0 spiro atoms. The molecule has 3 rings (SSSR count). The van der Waals surface area contributed by atoms with Gasteiger partial charge in [0, 0.05) is 51.5 Å². The van der Waals surface area contributed by atoms with E-state index in [2.05, 4.69) is 52.1 Å². The van der Waals surface area contributed by atoms with E-state index in [1.807, 2.05) is 0 Å². The number of anilines is 1. The van der Waals surface area contributed by atoms with Gasteiger partial charge in [-0.05, 0) is 19.2 Å². The van der Waals surface area contributed by atoms with Gasteiger partial charge in [-0.15, -0.1) is 0 Å². The Balaban J connectivity index is 1.54. The second-order valence-electron chi connectivity index (χ2n) is 5.51. The minimum atomic E-state index is 0.414. The van der Waals surface area contributed by atoms with Crippen LogP contribution < -0.4 is 10.2 Å². The summed E-state index contributed by atoms with van der Waals surface area (Å²) in [5, 5.41) is 4.77. The number of hydrogen-bond donors (Lipinski definition) is 0. The van der Waals surface area contributed by atoms with Gasteiger partial charge < -0.3 is 9.80 Å². The molecule has 1 aromatic rings. The Morgan fingerprint density at radius 3 is 2.42 bits per heavy atom. The number of hydrogen-bond acceptors (Lipinski definition) is 3. The Bertz CT molecular complexity index is 386. The number of nitrogens with zero attached hydrogens (tertiary/aromatic N) is 4. The molecule has 0 amide bonds. The van der Waals surface area contributed by atoms with Gasteiger partial charge in [0.25, 0.3) is 0 Å². The summed E-state index contributed by atoms with van der Waals surface area (Å²) in [6, 6.07) is 10.7. The number of piperazine rings is 2. The minimum absolute atomic E-state index is 0.414. The SMILES string of the molecule is CN1CC[N]C(N2CCN(c3ccccc3)CC2)C1. The fraction of sp³-hybridized carbons (Fsp3) is 0.600. The molecule has 1 unspecified atom stereocenters. The van der Waals surface area contributed by atoms with E-state index in [1.165, 1.54) is 5.69 Å². The average Bonchev–Trinajstić information content (AvgIpc) is 2.48. The summed E-state index contributed by atoms with van der Waals surface area (Å²) >= 11 is 0. The van der Waals surface area contributed by atoms with Crippen LogP contribution in [0.3, 0.4) is 0 Å². The van der Waals surface area contributed by atoms with Crippen molar-refractivity contribution >= 4 is 5.69 Å². The molecule has 1 radical (unpaired) electrons. The smallest absolute Gasteiger partial charge is 0.0891 e. The van der Waals surface area contributed by atoms with E-state index in [4.69, 9.17) is 5.32 Å². The number of likely N-dealkylation sites (N-methyl/N-ethyl adjacent to an activating group) is 1. The predicted octanol–water partition coefficient (Wildman–Crippen LogP) is 0.684. The molecular weight excluding hydrogens is 236 g/mol. The molecule has 2 fully saturated rings. The zero-order valence-corrected chi connectivity index (χ0v) is 11.7. The second-order valence-corrected chi connectivity index (χ2v) is 5.51. The molecule has 4 nitrogen and oxygen atoms in total. The van der Waals surface area contributed by atoms with Crippen molar-refractivity contribution in [3.05, 3.63) is 30.3 Å². The van der Waals surface area contributed by atoms with Crippen molar-refractivity contribution < 1.29 is 0 Å². The topological polar surface area (TPSA) is 23.8 Å². The Kier molecular flexibility index (Phi) is 4.01. The van der Waals surface area contributed by atoms with Crippen molar-refractivity contribution in [2.45, 2.75) is 6.17 Å². The molecule has 2 aliphatic heterocycles. The molecule has 0 aromatic heterocycles. The molecule has 2 saturated heterocycles.